The Bertz CT molecular complexity index is 878. The first-order valence-electron chi connectivity index (χ1n) is 8.25. The summed E-state index contributed by atoms with van der Waals surface area (Å²) < 4.78 is 2.27. The summed E-state index contributed by atoms with van der Waals surface area (Å²) >= 11 is 7.84. The summed E-state index contributed by atoms with van der Waals surface area (Å²) in [7, 11) is 0. The highest BCUT2D eigenvalue weighted by Crippen LogP contribution is 2.42. The highest BCUT2D eigenvalue weighted by atomic mass is 35.5. The number of rotatable bonds is 4. The van der Waals surface area contributed by atoms with Crippen LogP contribution in [0.1, 0.15) is 53.7 Å². The fourth-order valence-corrected chi connectivity index (χ4v) is 4.66. The molecule has 0 saturated heterocycles. The zero-order valence-electron chi connectivity index (χ0n) is 12.8. The van der Waals surface area contributed by atoms with Crippen LogP contribution in [-0.2, 0) is 13.0 Å². The van der Waals surface area contributed by atoms with E-state index >= 15 is 0 Å². The van der Waals surface area contributed by atoms with Gasteiger partial charge in [-0.2, -0.15) is 0 Å². The van der Waals surface area contributed by atoms with Crippen LogP contribution >= 0.6 is 22.9 Å². The van der Waals surface area contributed by atoms with Gasteiger partial charge in [0.25, 0.3) is 0 Å². The van der Waals surface area contributed by atoms with Crippen LogP contribution in [0.25, 0.3) is 4.96 Å². The topological polar surface area (TPSA) is 29.3 Å². The van der Waals surface area contributed by atoms with E-state index in [0.29, 0.717) is 12.0 Å². The lowest BCUT2D eigenvalue weighted by Gasteiger charge is -2.14. The van der Waals surface area contributed by atoms with Crippen molar-refractivity contribution in [3.63, 3.8) is 0 Å². The van der Waals surface area contributed by atoms with Gasteiger partial charge in [0.2, 0.25) is 0 Å². The van der Waals surface area contributed by atoms with Gasteiger partial charge >= 0.3 is 0 Å². The highest BCUT2D eigenvalue weighted by Gasteiger charge is 2.31. The second-order valence-corrected chi connectivity index (χ2v) is 7.90. The molecule has 1 saturated carbocycles. The van der Waals surface area contributed by atoms with Gasteiger partial charge in [-0.1, -0.05) is 17.7 Å². The number of aryl methyl sites for hydroxylation is 1. The molecule has 3 nitrogen and oxygen atoms in total. The van der Waals surface area contributed by atoms with E-state index < -0.39 is 0 Å². The van der Waals surface area contributed by atoms with Crippen molar-refractivity contribution in [2.75, 3.05) is 0 Å². The van der Waals surface area contributed by atoms with Crippen molar-refractivity contribution in [3.8, 4) is 0 Å². The summed E-state index contributed by atoms with van der Waals surface area (Å²) in [5.74, 6) is 0.688. The monoisotopic (exact) mass is 343 g/mol. The van der Waals surface area contributed by atoms with E-state index in [0.717, 1.165) is 29.4 Å². The maximum atomic E-state index is 6.11. The van der Waals surface area contributed by atoms with Crippen LogP contribution in [0.2, 0.25) is 5.02 Å². The third-order valence-electron chi connectivity index (χ3n) is 5.05. The molecule has 2 heterocycles. The number of hydrogen-bond donors (Lipinski definition) is 1. The molecule has 2 aliphatic carbocycles. The number of halogens is 1. The summed E-state index contributed by atoms with van der Waals surface area (Å²) in [5.41, 5.74) is 5.48. The number of aromatic nitrogens is 2. The predicted octanol–water partition coefficient (Wildman–Crippen LogP) is 4.70. The van der Waals surface area contributed by atoms with Crippen molar-refractivity contribution in [3.05, 3.63) is 57.3 Å². The number of fused-ring (bicyclic) bond motifs is 2. The van der Waals surface area contributed by atoms with Gasteiger partial charge in [0.05, 0.1) is 11.4 Å². The van der Waals surface area contributed by atoms with Gasteiger partial charge in [0.15, 0.2) is 4.96 Å². The quantitative estimate of drug-likeness (QED) is 0.743. The summed E-state index contributed by atoms with van der Waals surface area (Å²) in [6, 6.07) is 6.73. The molecule has 0 radical (unpaired) electrons. The van der Waals surface area contributed by atoms with E-state index in [1.165, 1.54) is 35.4 Å². The standard InChI is InChI=1S/C18H18ClN3S/c19-13-4-5-14-12(9-13)3-6-15(14)20-10-16-17(11-1-2-11)21-18-22(16)7-8-23-18/h4-5,7-9,11,15,20H,1-3,6,10H2/t15-/m0/s1. The first-order valence-corrected chi connectivity index (χ1v) is 9.51. The van der Waals surface area contributed by atoms with Crippen LogP contribution in [0.3, 0.4) is 0 Å². The van der Waals surface area contributed by atoms with Gasteiger partial charge in [-0.05, 0) is 48.9 Å². The summed E-state index contributed by atoms with van der Waals surface area (Å²) in [4.78, 5) is 5.99. The molecule has 2 aromatic heterocycles. The molecule has 1 fully saturated rings. The SMILES string of the molecule is Clc1ccc2c(c1)CC[C@@H]2NCc1c(C2CC2)nc2sccn12. The number of benzene rings is 1. The lowest BCUT2D eigenvalue weighted by atomic mass is 10.1. The number of thiazole rings is 1. The van der Waals surface area contributed by atoms with Gasteiger partial charge in [0.1, 0.15) is 0 Å². The van der Waals surface area contributed by atoms with Crippen LogP contribution in [-0.4, -0.2) is 9.38 Å². The lowest BCUT2D eigenvalue weighted by molar-refractivity contribution is 0.522. The number of nitrogens with zero attached hydrogens (tertiary/aromatic N) is 2. The minimum absolute atomic E-state index is 0.429. The average Bonchev–Trinajstić information content (AvgIpc) is 3.01. The minimum atomic E-state index is 0.429. The zero-order valence-corrected chi connectivity index (χ0v) is 14.3. The summed E-state index contributed by atoms with van der Waals surface area (Å²) in [6.07, 6.45) is 7.01. The fourth-order valence-electron chi connectivity index (χ4n) is 3.73. The molecule has 3 aromatic rings. The van der Waals surface area contributed by atoms with Crippen LogP contribution in [0.15, 0.2) is 29.8 Å². The Labute approximate surface area is 144 Å². The van der Waals surface area contributed by atoms with Crippen LogP contribution in [0.4, 0.5) is 0 Å². The molecule has 0 unspecified atom stereocenters. The maximum absolute atomic E-state index is 6.11. The molecule has 0 spiro atoms. The predicted molar refractivity (Wildman–Crippen MR) is 94.4 cm³/mol. The smallest absolute Gasteiger partial charge is 0.194 e. The molecule has 23 heavy (non-hydrogen) atoms. The molecule has 0 amide bonds. The molecule has 1 aromatic carbocycles. The van der Waals surface area contributed by atoms with Gasteiger partial charge < -0.3 is 5.32 Å². The molecule has 5 heteroatoms. The van der Waals surface area contributed by atoms with Crippen LogP contribution in [0.5, 0.6) is 0 Å². The molecule has 1 N–H and O–H groups in total. The van der Waals surface area contributed by atoms with Crippen molar-refractivity contribution >= 4 is 27.9 Å². The van der Waals surface area contributed by atoms with Crippen molar-refractivity contribution in [1.82, 2.24) is 14.7 Å². The molecule has 118 valence electrons. The number of imidazole rings is 1. The van der Waals surface area contributed by atoms with Gasteiger partial charge in [-0.3, -0.25) is 4.40 Å². The van der Waals surface area contributed by atoms with Gasteiger partial charge in [-0.15, -0.1) is 11.3 Å². The fraction of sp³-hybridized carbons (Fsp3) is 0.389. The highest BCUT2D eigenvalue weighted by molar-refractivity contribution is 7.15. The minimum Gasteiger partial charge on any atom is -0.304 e. The van der Waals surface area contributed by atoms with E-state index in [9.17, 15) is 0 Å². The van der Waals surface area contributed by atoms with E-state index in [-0.39, 0.29) is 0 Å². The average molecular weight is 344 g/mol. The Morgan fingerprint density at radius 3 is 3.09 bits per heavy atom. The Hall–Kier alpha value is -1.36. The second-order valence-electron chi connectivity index (χ2n) is 6.59. The van der Waals surface area contributed by atoms with Gasteiger partial charge in [0, 0.05) is 35.1 Å². The number of hydrogen-bond acceptors (Lipinski definition) is 3. The zero-order chi connectivity index (χ0) is 15.4. The normalized spacial score (nSPS) is 20.3. The van der Waals surface area contributed by atoms with E-state index in [1.54, 1.807) is 11.3 Å². The van der Waals surface area contributed by atoms with E-state index in [4.69, 9.17) is 16.6 Å². The molecular weight excluding hydrogens is 326 g/mol. The van der Waals surface area contributed by atoms with Crippen molar-refractivity contribution in [1.29, 1.82) is 0 Å². The Morgan fingerprint density at radius 1 is 1.30 bits per heavy atom. The van der Waals surface area contributed by atoms with Crippen molar-refractivity contribution < 1.29 is 0 Å². The Morgan fingerprint density at radius 2 is 2.22 bits per heavy atom. The first kappa shape index (κ1) is 14.0. The van der Waals surface area contributed by atoms with E-state index in [2.05, 4.69) is 33.4 Å². The Kier molecular flexibility index (Phi) is 3.25. The van der Waals surface area contributed by atoms with Crippen molar-refractivity contribution in [2.45, 2.75) is 44.2 Å². The molecule has 0 bridgehead atoms. The maximum Gasteiger partial charge on any atom is 0.194 e. The number of nitrogens with one attached hydrogen (secondary N) is 1. The van der Waals surface area contributed by atoms with Crippen LogP contribution in [0, 0.1) is 0 Å². The van der Waals surface area contributed by atoms with Crippen LogP contribution < -0.4 is 5.32 Å². The Balaban J connectivity index is 1.41. The third-order valence-corrected chi connectivity index (χ3v) is 6.05. The van der Waals surface area contributed by atoms with Crippen molar-refractivity contribution in [2.24, 2.45) is 0 Å². The van der Waals surface area contributed by atoms with Gasteiger partial charge in [-0.25, -0.2) is 4.98 Å². The molecule has 1 atom stereocenters. The summed E-state index contributed by atoms with van der Waals surface area (Å²) in [5, 5.41) is 6.73. The second kappa shape index (κ2) is 5.33. The molecule has 5 rings (SSSR count). The third kappa shape index (κ3) is 2.40. The molecule has 0 aliphatic heterocycles. The molecule has 2 aliphatic rings. The lowest BCUT2D eigenvalue weighted by Crippen LogP contribution is -2.20. The largest absolute Gasteiger partial charge is 0.304 e. The summed E-state index contributed by atoms with van der Waals surface area (Å²) in [6.45, 7) is 0.885. The molecular formula is C18H18ClN3S. The van der Waals surface area contributed by atoms with E-state index in [1.807, 2.05) is 6.07 Å². The first-order chi connectivity index (χ1) is 11.3.